The van der Waals surface area contributed by atoms with Crippen molar-refractivity contribution in [3.63, 3.8) is 0 Å². The van der Waals surface area contributed by atoms with Crippen molar-refractivity contribution < 1.29 is 9.18 Å². The average Bonchev–Trinajstić information content (AvgIpc) is 2.50. The zero-order valence-electron chi connectivity index (χ0n) is 14.1. The molecule has 1 unspecified atom stereocenters. The lowest BCUT2D eigenvalue weighted by molar-refractivity contribution is -0.115. The fourth-order valence-corrected chi connectivity index (χ4v) is 2.91. The van der Waals surface area contributed by atoms with E-state index in [1.54, 1.807) is 12.1 Å². The van der Waals surface area contributed by atoms with Gasteiger partial charge >= 0.3 is 0 Å². The summed E-state index contributed by atoms with van der Waals surface area (Å²) in [7, 11) is 0. The lowest BCUT2D eigenvalue weighted by Gasteiger charge is -2.32. The fourth-order valence-electron chi connectivity index (χ4n) is 2.53. The Morgan fingerprint density at radius 2 is 1.75 bits per heavy atom. The van der Waals surface area contributed by atoms with Crippen LogP contribution in [-0.4, -0.2) is 12.5 Å². The van der Waals surface area contributed by atoms with Crippen LogP contribution in [0.4, 0.5) is 10.1 Å². The summed E-state index contributed by atoms with van der Waals surface area (Å²) in [4.78, 5) is 12.2. The van der Waals surface area contributed by atoms with E-state index < -0.39 is 0 Å². The average molecular weight is 393 g/mol. The molecule has 0 aromatic heterocycles. The number of carbonyl (C=O) groups is 1. The molecule has 24 heavy (non-hydrogen) atoms. The van der Waals surface area contributed by atoms with Gasteiger partial charge in [0.05, 0.1) is 12.2 Å². The molecule has 2 N–H and O–H groups in total. The predicted molar refractivity (Wildman–Crippen MR) is 99.4 cm³/mol. The van der Waals surface area contributed by atoms with E-state index in [2.05, 4.69) is 47.3 Å². The molecule has 0 aliphatic heterocycles. The molecule has 2 aromatic carbocycles. The smallest absolute Gasteiger partial charge is 0.238 e. The maximum atomic E-state index is 13.2. The van der Waals surface area contributed by atoms with Gasteiger partial charge in [-0.3, -0.25) is 4.79 Å². The van der Waals surface area contributed by atoms with Crippen LogP contribution in [0.3, 0.4) is 0 Å². The number of rotatable bonds is 5. The van der Waals surface area contributed by atoms with E-state index >= 15 is 0 Å². The van der Waals surface area contributed by atoms with E-state index in [1.807, 2.05) is 24.3 Å². The third-order valence-electron chi connectivity index (χ3n) is 3.68. The van der Waals surface area contributed by atoms with Crippen LogP contribution in [0.25, 0.3) is 0 Å². The molecule has 0 aliphatic rings. The van der Waals surface area contributed by atoms with Crippen LogP contribution in [0.15, 0.2) is 53.0 Å². The molecule has 0 spiro atoms. The normalized spacial score (nSPS) is 12.7. The number of anilines is 1. The molecule has 2 aromatic rings. The van der Waals surface area contributed by atoms with E-state index in [1.165, 1.54) is 12.1 Å². The van der Waals surface area contributed by atoms with Gasteiger partial charge in [-0.2, -0.15) is 0 Å². The van der Waals surface area contributed by atoms with Crippen LogP contribution >= 0.6 is 15.9 Å². The fraction of sp³-hybridized carbons (Fsp3) is 0.316. The molecule has 0 saturated heterocycles. The molecule has 5 heteroatoms. The third-order valence-corrected chi connectivity index (χ3v) is 4.38. The number of amides is 1. The second kappa shape index (κ2) is 7.90. The summed E-state index contributed by atoms with van der Waals surface area (Å²) in [5.74, 6) is -0.392. The first-order valence-electron chi connectivity index (χ1n) is 7.80. The SMILES string of the molecule is CC(C)(C)C(NCC(=O)Nc1ccccc1Br)c1ccc(F)cc1. The first-order valence-corrected chi connectivity index (χ1v) is 8.60. The van der Waals surface area contributed by atoms with E-state index in [-0.39, 0.29) is 29.7 Å². The maximum absolute atomic E-state index is 13.2. The molecule has 0 saturated carbocycles. The van der Waals surface area contributed by atoms with Gasteiger partial charge < -0.3 is 10.6 Å². The van der Waals surface area contributed by atoms with Crippen molar-refractivity contribution in [1.82, 2.24) is 5.32 Å². The number of benzene rings is 2. The van der Waals surface area contributed by atoms with Crippen molar-refractivity contribution in [3.8, 4) is 0 Å². The van der Waals surface area contributed by atoms with Crippen molar-refractivity contribution in [3.05, 3.63) is 64.4 Å². The van der Waals surface area contributed by atoms with Crippen molar-refractivity contribution in [2.45, 2.75) is 26.8 Å². The monoisotopic (exact) mass is 392 g/mol. The highest BCUT2D eigenvalue weighted by atomic mass is 79.9. The van der Waals surface area contributed by atoms with Crippen molar-refractivity contribution in [2.75, 3.05) is 11.9 Å². The van der Waals surface area contributed by atoms with Gasteiger partial charge in [-0.15, -0.1) is 0 Å². The third kappa shape index (κ3) is 5.14. The molecule has 2 rings (SSSR count). The topological polar surface area (TPSA) is 41.1 Å². The summed E-state index contributed by atoms with van der Waals surface area (Å²) in [5, 5.41) is 6.15. The minimum atomic E-state index is -0.266. The molecule has 0 bridgehead atoms. The Hall–Kier alpha value is -1.72. The second-order valence-electron chi connectivity index (χ2n) is 6.76. The summed E-state index contributed by atoms with van der Waals surface area (Å²) in [6.07, 6.45) is 0. The highest BCUT2D eigenvalue weighted by molar-refractivity contribution is 9.10. The molecule has 3 nitrogen and oxygen atoms in total. The number of halogens is 2. The van der Waals surface area contributed by atoms with Gasteiger partial charge in [0.15, 0.2) is 0 Å². The maximum Gasteiger partial charge on any atom is 0.238 e. The number of hydrogen-bond donors (Lipinski definition) is 2. The lowest BCUT2D eigenvalue weighted by atomic mass is 9.82. The Kier molecular flexibility index (Phi) is 6.13. The van der Waals surface area contributed by atoms with Crippen molar-refractivity contribution in [1.29, 1.82) is 0 Å². The number of nitrogens with one attached hydrogen (secondary N) is 2. The molecule has 0 fully saturated rings. The van der Waals surface area contributed by atoms with Gasteiger partial charge in [0.1, 0.15) is 5.82 Å². The zero-order valence-corrected chi connectivity index (χ0v) is 15.7. The van der Waals surface area contributed by atoms with Gasteiger partial charge in [-0.05, 0) is 51.2 Å². The standard InChI is InChI=1S/C19H22BrFN2O/c1-19(2,3)18(13-8-10-14(21)11-9-13)22-12-17(24)23-16-7-5-4-6-15(16)20/h4-11,18,22H,12H2,1-3H3,(H,23,24). The first-order chi connectivity index (χ1) is 11.3. The van der Waals surface area contributed by atoms with E-state index in [0.29, 0.717) is 0 Å². The van der Waals surface area contributed by atoms with Gasteiger partial charge in [-0.1, -0.05) is 45.0 Å². The van der Waals surface area contributed by atoms with Crippen LogP contribution in [0, 0.1) is 11.2 Å². The highest BCUT2D eigenvalue weighted by Crippen LogP contribution is 2.32. The van der Waals surface area contributed by atoms with Gasteiger partial charge in [0.25, 0.3) is 0 Å². The van der Waals surface area contributed by atoms with Crippen LogP contribution in [-0.2, 0) is 4.79 Å². The summed E-state index contributed by atoms with van der Waals surface area (Å²) < 4.78 is 14.0. The molecule has 0 aliphatic carbocycles. The van der Waals surface area contributed by atoms with E-state index in [0.717, 1.165) is 15.7 Å². The Morgan fingerprint density at radius 1 is 1.12 bits per heavy atom. The van der Waals surface area contributed by atoms with E-state index in [9.17, 15) is 9.18 Å². The lowest BCUT2D eigenvalue weighted by Crippen LogP contribution is -2.37. The number of para-hydroxylation sites is 1. The van der Waals surface area contributed by atoms with Crippen LogP contribution in [0.2, 0.25) is 0 Å². The molecule has 1 atom stereocenters. The summed E-state index contributed by atoms with van der Waals surface area (Å²) in [5.41, 5.74) is 1.57. The van der Waals surface area contributed by atoms with Gasteiger partial charge in [0.2, 0.25) is 5.91 Å². The Balaban J connectivity index is 2.04. The summed E-state index contributed by atoms with van der Waals surface area (Å²) >= 11 is 3.41. The van der Waals surface area contributed by atoms with Gasteiger partial charge in [-0.25, -0.2) is 4.39 Å². The van der Waals surface area contributed by atoms with Gasteiger partial charge in [0, 0.05) is 10.5 Å². The summed E-state index contributed by atoms with van der Waals surface area (Å²) in [6.45, 7) is 6.42. The van der Waals surface area contributed by atoms with Crippen molar-refractivity contribution >= 4 is 27.5 Å². The quantitative estimate of drug-likeness (QED) is 0.759. The number of carbonyl (C=O) groups excluding carboxylic acids is 1. The van der Waals surface area contributed by atoms with Crippen molar-refractivity contribution in [2.24, 2.45) is 5.41 Å². The predicted octanol–water partition coefficient (Wildman–Crippen LogP) is 4.90. The highest BCUT2D eigenvalue weighted by Gasteiger charge is 2.26. The Bertz CT molecular complexity index is 695. The Labute approximate surface area is 150 Å². The molecule has 0 radical (unpaired) electrons. The minimum absolute atomic E-state index is 0.0666. The Morgan fingerprint density at radius 3 is 2.33 bits per heavy atom. The van der Waals surface area contributed by atoms with E-state index in [4.69, 9.17) is 0 Å². The van der Waals surface area contributed by atoms with Crippen LogP contribution in [0.5, 0.6) is 0 Å². The molecule has 0 heterocycles. The zero-order chi connectivity index (χ0) is 17.7. The molecular weight excluding hydrogens is 371 g/mol. The number of hydrogen-bond acceptors (Lipinski definition) is 2. The largest absolute Gasteiger partial charge is 0.324 e. The molecular formula is C19H22BrFN2O. The van der Waals surface area contributed by atoms with Crippen LogP contribution in [0.1, 0.15) is 32.4 Å². The minimum Gasteiger partial charge on any atom is -0.324 e. The first kappa shape index (κ1) is 18.6. The molecule has 128 valence electrons. The van der Waals surface area contributed by atoms with Crippen LogP contribution < -0.4 is 10.6 Å². The second-order valence-corrected chi connectivity index (χ2v) is 7.61. The summed E-state index contributed by atoms with van der Waals surface area (Å²) in [6, 6.07) is 13.8. The molecule has 1 amide bonds.